The van der Waals surface area contributed by atoms with E-state index in [9.17, 15) is 4.79 Å². The molecule has 0 aliphatic heterocycles. The van der Waals surface area contributed by atoms with Gasteiger partial charge in [0.15, 0.2) is 0 Å². The minimum atomic E-state index is -1.04. The number of nitrogens with two attached hydrogens (primary N) is 2. The molecule has 4 heteroatoms. The van der Waals surface area contributed by atoms with Gasteiger partial charge >= 0.3 is 5.97 Å². The fraction of sp³-hybridized carbons (Fsp3) is 0.833. The van der Waals surface area contributed by atoms with Gasteiger partial charge in [-0.3, -0.25) is 4.79 Å². The Labute approximate surface area is 60.2 Å². The zero-order valence-corrected chi connectivity index (χ0v) is 6.24. The topological polar surface area (TPSA) is 89.3 Å². The Morgan fingerprint density at radius 3 is 1.90 bits per heavy atom. The van der Waals surface area contributed by atoms with Gasteiger partial charge in [-0.15, -0.1) is 0 Å². The zero-order chi connectivity index (χ0) is 8.31. The van der Waals surface area contributed by atoms with Crippen LogP contribution in [0.25, 0.3) is 0 Å². The largest absolute Gasteiger partial charge is 0.480 e. The Bertz CT molecular complexity index is 125. The molecule has 0 aromatic heterocycles. The minimum absolute atomic E-state index is 0.103. The lowest BCUT2D eigenvalue weighted by Crippen LogP contribution is -2.49. The Morgan fingerprint density at radius 1 is 1.40 bits per heavy atom. The van der Waals surface area contributed by atoms with Crippen LogP contribution in [0.3, 0.4) is 0 Å². The second-order valence-electron chi connectivity index (χ2n) is 2.69. The van der Waals surface area contributed by atoms with Crippen molar-refractivity contribution in [3.05, 3.63) is 0 Å². The maximum absolute atomic E-state index is 10.2. The van der Waals surface area contributed by atoms with E-state index in [0.29, 0.717) is 0 Å². The lowest BCUT2D eigenvalue weighted by Gasteiger charge is -2.18. The highest BCUT2D eigenvalue weighted by Gasteiger charge is 2.22. The third-order valence-electron chi connectivity index (χ3n) is 1.47. The smallest absolute Gasteiger partial charge is 0.322 e. The van der Waals surface area contributed by atoms with E-state index >= 15 is 0 Å². The number of aliphatic carboxylic acids is 1. The molecule has 5 N–H and O–H groups in total. The number of carboxylic acids is 1. The van der Waals surface area contributed by atoms with Crippen molar-refractivity contribution in [2.75, 3.05) is 0 Å². The monoisotopic (exact) mass is 146 g/mol. The number of hydrogen-bond acceptors (Lipinski definition) is 3. The van der Waals surface area contributed by atoms with Crippen LogP contribution in [0.1, 0.15) is 13.8 Å². The second-order valence-corrected chi connectivity index (χ2v) is 2.69. The van der Waals surface area contributed by atoms with Gasteiger partial charge in [-0.2, -0.15) is 0 Å². The number of rotatable bonds is 3. The van der Waals surface area contributed by atoms with Crippen LogP contribution >= 0.6 is 0 Å². The molecule has 60 valence electrons. The van der Waals surface area contributed by atoms with Crippen molar-refractivity contribution in [3.8, 4) is 0 Å². The van der Waals surface area contributed by atoms with Crippen molar-refractivity contribution in [3.63, 3.8) is 0 Å². The molecule has 0 amide bonds. The fourth-order valence-electron chi connectivity index (χ4n) is 0.579. The number of hydrogen-bond donors (Lipinski definition) is 3. The molecule has 0 fully saturated rings. The predicted octanol–water partition coefficient (Wildman–Crippen LogP) is -0.618. The molecule has 0 aromatic rings. The first-order chi connectivity index (χ1) is 4.46. The van der Waals surface area contributed by atoms with Gasteiger partial charge in [-0.25, -0.2) is 0 Å². The van der Waals surface area contributed by atoms with Crippen molar-refractivity contribution in [2.45, 2.75) is 25.9 Å². The van der Waals surface area contributed by atoms with Crippen LogP contribution in [0.4, 0.5) is 0 Å². The summed E-state index contributed by atoms with van der Waals surface area (Å²) in [5.74, 6) is -0.938. The van der Waals surface area contributed by atoms with E-state index in [1.54, 1.807) is 0 Å². The molecule has 0 saturated carbocycles. The van der Waals surface area contributed by atoms with Crippen LogP contribution in [0.2, 0.25) is 0 Å². The first kappa shape index (κ1) is 9.39. The summed E-state index contributed by atoms with van der Waals surface area (Å²) in [4.78, 5) is 10.2. The quantitative estimate of drug-likeness (QED) is 0.495. The van der Waals surface area contributed by atoms with E-state index in [0.717, 1.165) is 0 Å². The van der Waals surface area contributed by atoms with Gasteiger partial charge in [-0.05, 0) is 5.92 Å². The standard InChI is InChI=1S/C6H14N2O2/c1-3(2)4(7)5(8)6(9)10/h3-5H,7-8H2,1-2H3,(H,9,10)/t4?,5-/m0/s1. The van der Waals surface area contributed by atoms with Gasteiger partial charge in [0.25, 0.3) is 0 Å². The second kappa shape index (κ2) is 3.53. The first-order valence-corrected chi connectivity index (χ1v) is 3.20. The lowest BCUT2D eigenvalue weighted by atomic mass is 9.98. The van der Waals surface area contributed by atoms with Crippen LogP contribution in [0.15, 0.2) is 0 Å². The molecular formula is C6H14N2O2. The maximum atomic E-state index is 10.2. The summed E-state index contributed by atoms with van der Waals surface area (Å²) in [5.41, 5.74) is 10.7. The number of carboxylic acid groups (broad SMARTS) is 1. The number of carbonyl (C=O) groups is 1. The molecule has 0 aliphatic rings. The SMILES string of the molecule is CC(C)C(N)[C@H](N)C(=O)O. The molecule has 0 aliphatic carbocycles. The third kappa shape index (κ3) is 2.33. The summed E-state index contributed by atoms with van der Waals surface area (Å²) in [6.07, 6.45) is 0. The van der Waals surface area contributed by atoms with Crippen LogP contribution < -0.4 is 11.5 Å². The Hall–Kier alpha value is -0.610. The van der Waals surface area contributed by atoms with Crippen LogP contribution in [-0.4, -0.2) is 23.2 Å². The Balaban J connectivity index is 3.94. The molecule has 1 unspecified atom stereocenters. The molecule has 0 radical (unpaired) electrons. The van der Waals surface area contributed by atoms with Gasteiger partial charge in [0.05, 0.1) is 0 Å². The molecule has 0 rings (SSSR count). The first-order valence-electron chi connectivity index (χ1n) is 3.20. The summed E-state index contributed by atoms with van der Waals surface area (Å²) in [7, 11) is 0. The van der Waals surface area contributed by atoms with E-state index in [4.69, 9.17) is 16.6 Å². The van der Waals surface area contributed by atoms with Crippen molar-refractivity contribution < 1.29 is 9.90 Å². The summed E-state index contributed by atoms with van der Waals surface area (Å²) in [5, 5.41) is 8.40. The van der Waals surface area contributed by atoms with E-state index in [-0.39, 0.29) is 5.92 Å². The summed E-state index contributed by atoms with van der Waals surface area (Å²) in [6.45, 7) is 3.68. The van der Waals surface area contributed by atoms with Crippen LogP contribution in [-0.2, 0) is 4.79 Å². The summed E-state index contributed by atoms with van der Waals surface area (Å²) in [6, 6.07) is -1.41. The highest BCUT2D eigenvalue weighted by Crippen LogP contribution is 2.01. The van der Waals surface area contributed by atoms with Gasteiger partial charge in [0.1, 0.15) is 6.04 Å². The molecular weight excluding hydrogens is 132 g/mol. The molecule has 0 saturated heterocycles. The minimum Gasteiger partial charge on any atom is -0.480 e. The summed E-state index contributed by atoms with van der Waals surface area (Å²) < 4.78 is 0. The molecule has 4 nitrogen and oxygen atoms in total. The van der Waals surface area contributed by atoms with Crippen molar-refractivity contribution >= 4 is 5.97 Å². The Morgan fingerprint density at radius 2 is 1.80 bits per heavy atom. The van der Waals surface area contributed by atoms with Gasteiger partial charge < -0.3 is 16.6 Å². The molecule has 10 heavy (non-hydrogen) atoms. The van der Waals surface area contributed by atoms with Gasteiger partial charge in [0, 0.05) is 6.04 Å². The summed E-state index contributed by atoms with van der Waals surface area (Å²) >= 11 is 0. The molecule has 2 atom stereocenters. The van der Waals surface area contributed by atoms with Crippen molar-refractivity contribution in [2.24, 2.45) is 17.4 Å². The normalized spacial score (nSPS) is 16.9. The van der Waals surface area contributed by atoms with Crippen LogP contribution in [0.5, 0.6) is 0 Å². The van der Waals surface area contributed by atoms with E-state index < -0.39 is 18.1 Å². The van der Waals surface area contributed by atoms with Crippen molar-refractivity contribution in [1.82, 2.24) is 0 Å². The lowest BCUT2D eigenvalue weighted by molar-refractivity contribution is -0.139. The average molecular weight is 146 g/mol. The van der Waals surface area contributed by atoms with Gasteiger partial charge in [0.2, 0.25) is 0 Å². The fourth-order valence-corrected chi connectivity index (χ4v) is 0.579. The molecule has 0 bridgehead atoms. The molecule has 0 aromatic carbocycles. The van der Waals surface area contributed by atoms with E-state index in [1.165, 1.54) is 0 Å². The highest BCUT2D eigenvalue weighted by molar-refractivity contribution is 5.74. The molecule has 0 heterocycles. The third-order valence-corrected chi connectivity index (χ3v) is 1.47. The van der Waals surface area contributed by atoms with E-state index in [2.05, 4.69) is 0 Å². The van der Waals surface area contributed by atoms with Crippen LogP contribution in [0, 0.1) is 5.92 Å². The predicted molar refractivity (Wildman–Crippen MR) is 38.4 cm³/mol. The maximum Gasteiger partial charge on any atom is 0.322 e. The average Bonchev–Trinajstić information content (AvgIpc) is 1.84. The Kier molecular flexibility index (Phi) is 3.32. The van der Waals surface area contributed by atoms with Crippen molar-refractivity contribution in [1.29, 1.82) is 0 Å². The van der Waals surface area contributed by atoms with Gasteiger partial charge in [-0.1, -0.05) is 13.8 Å². The van der Waals surface area contributed by atoms with E-state index in [1.807, 2.05) is 13.8 Å². The highest BCUT2D eigenvalue weighted by atomic mass is 16.4. The molecule has 0 spiro atoms. The zero-order valence-electron chi connectivity index (χ0n) is 6.24.